The van der Waals surface area contributed by atoms with Crippen LogP contribution in [0.3, 0.4) is 0 Å². The second kappa shape index (κ2) is 16.0. The molecule has 9 atom stereocenters. The van der Waals surface area contributed by atoms with Crippen molar-refractivity contribution in [2.24, 2.45) is 17.8 Å². The molecule has 4 saturated heterocycles. The largest absolute Gasteiger partial charge is 0.390 e. The molecule has 4 heterocycles. The molecular formula is C34H62ClN7O4. The summed E-state index contributed by atoms with van der Waals surface area (Å²) in [4.78, 5) is 21.0. The Kier molecular flexibility index (Phi) is 12.2. The number of hydrogen-bond donors (Lipinski definition) is 5. The van der Waals surface area contributed by atoms with Crippen molar-refractivity contribution in [3.8, 4) is 0 Å². The van der Waals surface area contributed by atoms with Gasteiger partial charge >= 0.3 is 0 Å². The van der Waals surface area contributed by atoms with Crippen molar-refractivity contribution in [2.45, 2.75) is 120 Å². The Labute approximate surface area is 282 Å². The van der Waals surface area contributed by atoms with Gasteiger partial charge < -0.3 is 24.8 Å². The van der Waals surface area contributed by atoms with Crippen molar-refractivity contribution in [1.82, 2.24) is 36.0 Å². The molecule has 2 saturated carbocycles. The van der Waals surface area contributed by atoms with E-state index in [2.05, 4.69) is 56.7 Å². The Bertz CT molecular complexity index is 972. The minimum Gasteiger partial charge on any atom is -0.390 e. The van der Waals surface area contributed by atoms with Crippen LogP contribution in [-0.4, -0.2) is 146 Å². The zero-order valence-corrected chi connectivity index (χ0v) is 29.4. The van der Waals surface area contributed by atoms with Gasteiger partial charge in [-0.2, -0.15) is 0 Å². The molecule has 46 heavy (non-hydrogen) atoms. The fourth-order valence-corrected chi connectivity index (χ4v) is 9.22. The molecule has 12 heteroatoms. The molecule has 0 spiro atoms. The summed E-state index contributed by atoms with van der Waals surface area (Å²) < 4.78 is 11.8. The van der Waals surface area contributed by atoms with Crippen LogP contribution in [-0.2, 0) is 14.3 Å². The Morgan fingerprint density at radius 2 is 1.89 bits per heavy atom. The lowest BCUT2D eigenvalue weighted by Crippen LogP contribution is -2.65. The van der Waals surface area contributed by atoms with Crippen LogP contribution in [0.5, 0.6) is 0 Å². The van der Waals surface area contributed by atoms with Gasteiger partial charge in [0.05, 0.1) is 49.4 Å². The summed E-state index contributed by atoms with van der Waals surface area (Å²) in [7, 11) is 0. The maximum atomic E-state index is 13.6. The van der Waals surface area contributed by atoms with Crippen LogP contribution in [0.1, 0.15) is 72.1 Å². The number of fused-ring (bicyclic) bond motifs is 1. The fourth-order valence-electron chi connectivity index (χ4n) is 8.69. The van der Waals surface area contributed by atoms with E-state index >= 15 is 0 Å². The first kappa shape index (κ1) is 35.2. The number of aliphatic hydroxyl groups excluding tert-OH is 1. The maximum Gasteiger partial charge on any atom is 0.223 e. The number of hydrogen-bond acceptors (Lipinski definition) is 10. The van der Waals surface area contributed by atoms with Gasteiger partial charge in [-0.3, -0.25) is 30.5 Å². The van der Waals surface area contributed by atoms with E-state index in [1.165, 1.54) is 19.3 Å². The van der Waals surface area contributed by atoms with E-state index in [0.29, 0.717) is 44.3 Å². The van der Waals surface area contributed by atoms with Gasteiger partial charge in [0.2, 0.25) is 5.91 Å². The smallest absolute Gasteiger partial charge is 0.223 e. The zero-order chi connectivity index (χ0) is 32.3. The molecular weight excluding hydrogens is 606 g/mol. The molecule has 11 nitrogen and oxygen atoms in total. The van der Waals surface area contributed by atoms with Crippen LogP contribution in [0.15, 0.2) is 0 Å². The van der Waals surface area contributed by atoms with E-state index in [9.17, 15) is 9.90 Å². The highest BCUT2D eigenvalue weighted by atomic mass is 35.5. The first-order chi connectivity index (χ1) is 22.1. The predicted octanol–water partition coefficient (Wildman–Crippen LogP) is 1.34. The Morgan fingerprint density at radius 3 is 2.59 bits per heavy atom. The third-order valence-corrected chi connectivity index (χ3v) is 12.4. The van der Waals surface area contributed by atoms with Gasteiger partial charge in [-0.05, 0) is 84.1 Å². The molecule has 1 amide bonds. The van der Waals surface area contributed by atoms with E-state index in [4.69, 9.17) is 21.1 Å². The number of carbonyl (C=O) groups excluding carboxylic acids is 1. The molecule has 5 N–H and O–H groups in total. The lowest BCUT2D eigenvalue weighted by molar-refractivity contribution is -0.128. The SMILES string of the molecule is CC(C)(C)N1CCN(C2CC(C(=O)NC[C@H](O)CN3CCC4C(CCC(OCC5CNCO5)C4Cl)C3)CC(NC3CCC3)N2)CC1. The summed E-state index contributed by atoms with van der Waals surface area (Å²) in [5.41, 5.74) is 0.184. The normalized spacial score (nSPS) is 37.8. The van der Waals surface area contributed by atoms with Gasteiger partial charge in [0.15, 0.2) is 0 Å². The number of carbonyl (C=O) groups is 1. The number of piperidine rings is 2. The first-order valence-corrected chi connectivity index (χ1v) is 18.8. The van der Waals surface area contributed by atoms with Gasteiger partial charge in [-0.15, -0.1) is 11.6 Å². The van der Waals surface area contributed by atoms with Gasteiger partial charge in [0.1, 0.15) is 0 Å². The minimum absolute atomic E-state index is 0.0262. The molecule has 6 rings (SSSR count). The van der Waals surface area contributed by atoms with Crippen LogP contribution in [0.2, 0.25) is 0 Å². The number of likely N-dealkylation sites (tertiary alicyclic amines) is 1. The van der Waals surface area contributed by atoms with Crippen molar-refractivity contribution >= 4 is 17.5 Å². The van der Waals surface area contributed by atoms with E-state index in [-0.39, 0.29) is 47.3 Å². The average Bonchev–Trinajstić information content (AvgIpc) is 3.55. The summed E-state index contributed by atoms with van der Waals surface area (Å²) in [6.45, 7) is 15.8. The molecule has 2 aliphatic carbocycles. The highest BCUT2D eigenvalue weighted by molar-refractivity contribution is 6.21. The van der Waals surface area contributed by atoms with Crippen LogP contribution >= 0.6 is 11.6 Å². The van der Waals surface area contributed by atoms with E-state index in [1.54, 1.807) is 0 Å². The van der Waals surface area contributed by atoms with Crippen molar-refractivity contribution in [3.05, 3.63) is 0 Å². The summed E-state index contributed by atoms with van der Waals surface area (Å²) in [6.07, 6.45) is 8.40. The van der Waals surface area contributed by atoms with Gasteiger partial charge in [0, 0.05) is 69.9 Å². The maximum absolute atomic E-state index is 13.6. The number of alkyl halides is 1. The Morgan fingerprint density at radius 1 is 1.09 bits per heavy atom. The van der Waals surface area contributed by atoms with Gasteiger partial charge in [-0.25, -0.2) is 0 Å². The summed E-state index contributed by atoms with van der Waals surface area (Å²) in [5, 5.41) is 25.1. The number of nitrogens with zero attached hydrogens (tertiary/aromatic N) is 3. The topological polar surface area (TPSA) is 114 Å². The Balaban J connectivity index is 0.941. The van der Waals surface area contributed by atoms with Crippen LogP contribution < -0.4 is 21.3 Å². The lowest BCUT2D eigenvalue weighted by Gasteiger charge is -2.48. The number of β-amino-alcohol motifs (C(OH)–C–C–N with tert-alkyl or cyclic N) is 1. The molecule has 264 valence electrons. The number of rotatable bonds is 11. The second-order valence-electron chi connectivity index (χ2n) is 16.0. The monoisotopic (exact) mass is 667 g/mol. The molecule has 4 aliphatic heterocycles. The van der Waals surface area contributed by atoms with Gasteiger partial charge in [0.25, 0.3) is 0 Å². The summed E-state index contributed by atoms with van der Waals surface area (Å²) in [6, 6.07) is 0.560. The minimum atomic E-state index is -0.584. The highest BCUT2D eigenvalue weighted by Gasteiger charge is 2.43. The summed E-state index contributed by atoms with van der Waals surface area (Å²) in [5.74, 6) is 0.989. The van der Waals surface area contributed by atoms with E-state index < -0.39 is 6.10 Å². The molecule has 0 aromatic carbocycles. The number of aliphatic hydroxyl groups is 1. The molecule has 0 aromatic rings. The third-order valence-electron chi connectivity index (χ3n) is 11.8. The fraction of sp³-hybridized carbons (Fsp3) is 0.971. The number of nitrogens with one attached hydrogen (secondary N) is 4. The number of halogens is 1. The van der Waals surface area contributed by atoms with Crippen molar-refractivity contribution in [2.75, 3.05) is 72.2 Å². The molecule has 0 bridgehead atoms. The molecule has 8 unspecified atom stereocenters. The Hall–Kier alpha value is -0.600. The summed E-state index contributed by atoms with van der Waals surface area (Å²) >= 11 is 6.98. The number of piperazine rings is 1. The van der Waals surface area contributed by atoms with E-state index in [0.717, 1.165) is 77.9 Å². The standard InChI is InChI=1S/C34H62ClN7O4/c1-34(2,3)42-13-11-41(12-14-42)31-16-24(15-30(39-31)38-25-5-4-6-25)33(44)37-17-26(43)20-40-10-9-28-23(19-40)7-8-29(32(28)35)45-21-27-18-36-22-46-27/h23-32,36,38-39,43H,4-22H2,1-3H3,(H,37,44)/t23?,24?,26-,27?,28?,29?,30?,31?,32?/m0/s1. The molecule has 0 aromatic heterocycles. The lowest BCUT2D eigenvalue weighted by atomic mass is 9.73. The van der Waals surface area contributed by atoms with Crippen molar-refractivity contribution < 1.29 is 19.4 Å². The van der Waals surface area contributed by atoms with Crippen molar-refractivity contribution in [1.29, 1.82) is 0 Å². The van der Waals surface area contributed by atoms with Crippen LogP contribution in [0.25, 0.3) is 0 Å². The quantitative estimate of drug-likeness (QED) is 0.207. The third kappa shape index (κ3) is 9.14. The predicted molar refractivity (Wildman–Crippen MR) is 181 cm³/mol. The van der Waals surface area contributed by atoms with E-state index in [1.807, 2.05) is 0 Å². The number of ether oxygens (including phenoxy) is 2. The van der Waals surface area contributed by atoms with Crippen molar-refractivity contribution in [3.63, 3.8) is 0 Å². The zero-order valence-electron chi connectivity index (χ0n) is 28.6. The van der Waals surface area contributed by atoms with Gasteiger partial charge in [-0.1, -0.05) is 6.42 Å². The van der Waals surface area contributed by atoms with Crippen LogP contribution in [0.4, 0.5) is 0 Å². The average molecular weight is 668 g/mol. The second-order valence-corrected chi connectivity index (χ2v) is 16.5. The first-order valence-electron chi connectivity index (χ1n) is 18.4. The number of amides is 1. The highest BCUT2D eigenvalue weighted by Crippen LogP contribution is 2.40. The molecule has 0 radical (unpaired) electrons. The van der Waals surface area contributed by atoms with Crippen LogP contribution in [0, 0.1) is 17.8 Å². The molecule has 6 aliphatic rings. The molecule has 6 fully saturated rings.